The van der Waals surface area contributed by atoms with Crippen LogP contribution in [0.2, 0.25) is 0 Å². The van der Waals surface area contributed by atoms with Crippen LogP contribution in [0.3, 0.4) is 0 Å². The van der Waals surface area contributed by atoms with E-state index in [4.69, 9.17) is 9.88 Å². The Labute approximate surface area is 112 Å². The monoisotopic (exact) mass is 284 g/mol. The van der Waals surface area contributed by atoms with Gasteiger partial charge in [-0.15, -0.1) is 0 Å². The number of nitrogens with zero attached hydrogens (tertiary/aromatic N) is 1. The maximum atomic E-state index is 11.9. The molecule has 1 atom stereocenters. The number of nitrogens with two attached hydrogens (primary N) is 1. The van der Waals surface area contributed by atoms with Crippen molar-refractivity contribution in [3.05, 3.63) is 23.8 Å². The van der Waals surface area contributed by atoms with Crippen LogP contribution in [0.25, 0.3) is 0 Å². The number of aryl methyl sites for hydroxylation is 1. The number of rotatable bonds is 3. The molecule has 1 aliphatic rings. The van der Waals surface area contributed by atoms with E-state index in [0.717, 1.165) is 5.56 Å². The summed E-state index contributed by atoms with van der Waals surface area (Å²) in [5.74, 6) is 0.411. The zero-order chi connectivity index (χ0) is 14.2. The fraction of sp³-hybridized carbons (Fsp3) is 0.417. The van der Waals surface area contributed by atoms with Gasteiger partial charge in [-0.1, -0.05) is 6.07 Å². The van der Waals surface area contributed by atoms with Crippen molar-refractivity contribution in [2.45, 2.75) is 18.6 Å². The Hall–Kier alpha value is -1.60. The SMILES string of the molecule is COc1cc(N2CC(S(N)(=O)=O)CC2=O)ccc1C. The highest BCUT2D eigenvalue weighted by molar-refractivity contribution is 7.89. The normalized spacial score (nSPS) is 19.8. The lowest BCUT2D eigenvalue weighted by Gasteiger charge is -2.18. The number of primary sulfonamides is 1. The number of methoxy groups -OCH3 is 1. The second-order valence-electron chi connectivity index (χ2n) is 4.57. The minimum absolute atomic E-state index is 0.0744. The summed E-state index contributed by atoms with van der Waals surface area (Å²) in [4.78, 5) is 13.3. The molecule has 1 heterocycles. The van der Waals surface area contributed by atoms with Gasteiger partial charge in [0.15, 0.2) is 0 Å². The summed E-state index contributed by atoms with van der Waals surface area (Å²) in [6.45, 7) is 1.98. The summed E-state index contributed by atoms with van der Waals surface area (Å²) in [6, 6.07) is 5.31. The summed E-state index contributed by atoms with van der Waals surface area (Å²) in [5, 5.41) is 4.25. The van der Waals surface area contributed by atoms with Gasteiger partial charge in [0, 0.05) is 24.7 Å². The van der Waals surface area contributed by atoms with Crippen LogP contribution in [0.5, 0.6) is 5.75 Å². The molecule has 1 aromatic carbocycles. The Kier molecular flexibility index (Phi) is 3.51. The molecule has 0 aliphatic carbocycles. The van der Waals surface area contributed by atoms with Gasteiger partial charge >= 0.3 is 0 Å². The summed E-state index contributed by atoms with van der Waals surface area (Å²) in [5.41, 5.74) is 1.57. The highest BCUT2D eigenvalue weighted by Gasteiger charge is 2.37. The van der Waals surface area contributed by atoms with Crippen molar-refractivity contribution in [1.29, 1.82) is 0 Å². The predicted molar refractivity (Wildman–Crippen MR) is 71.6 cm³/mol. The van der Waals surface area contributed by atoms with Crippen LogP contribution in [-0.2, 0) is 14.8 Å². The van der Waals surface area contributed by atoms with Crippen LogP contribution in [-0.4, -0.2) is 33.2 Å². The standard InChI is InChI=1S/C12H16N2O4S/c1-8-3-4-9(5-11(8)18-2)14-7-10(6-12(14)15)19(13,16)17/h3-5,10H,6-7H2,1-2H3,(H2,13,16,17). The van der Waals surface area contributed by atoms with Gasteiger partial charge in [-0.3, -0.25) is 4.79 Å². The fourth-order valence-corrected chi connectivity index (χ4v) is 2.85. The lowest BCUT2D eigenvalue weighted by molar-refractivity contribution is -0.117. The number of benzene rings is 1. The lowest BCUT2D eigenvalue weighted by Crippen LogP contribution is -2.32. The first-order valence-electron chi connectivity index (χ1n) is 5.79. The number of carbonyl (C=O) groups is 1. The largest absolute Gasteiger partial charge is 0.496 e. The second kappa shape index (κ2) is 4.82. The van der Waals surface area contributed by atoms with Crippen molar-refractivity contribution >= 4 is 21.6 Å². The third-order valence-electron chi connectivity index (χ3n) is 3.26. The van der Waals surface area contributed by atoms with Gasteiger partial charge in [0.25, 0.3) is 0 Å². The summed E-state index contributed by atoms with van der Waals surface area (Å²) >= 11 is 0. The van der Waals surface area contributed by atoms with Crippen molar-refractivity contribution in [1.82, 2.24) is 0 Å². The van der Waals surface area contributed by atoms with Crippen molar-refractivity contribution in [2.75, 3.05) is 18.6 Å². The van der Waals surface area contributed by atoms with Crippen LogP contribution in [0, 0.1) is 6.92 Å². The van der Waals surface area contributed by atoms with Crippen LogP contribution < -0.4 is 14.8 Å². The molecular weight excluding hydrogens is 268 g/mol. The highest BCUT2D eigenvalue weighted by Crippen LogP contribution is 2.29. The van der Waals surface area contributed by atoms with Gasteiger partial charge in [0.05, 0.1) is 7.11 Å². The number of hydrogen-bond donors (Lipinski definition) is 1. The molecule has 1 amide bonds. The van der Waals surface area contributed by atoms with E-state index in [1.54, 1.807) is 19.2 Å². The van der Waals surface area contributed by atoms with E-state index in [9.17, 15) is 13.2 Å². The van der Waals surface area contributed by atoms with Crippen LogP contribution in [0.15, 0.2) is 18.2 Å². The molecule has 104 valence electrons. The zero-order valence-electron chi connectivity index (χ0n) is 10.8. The van der Waals surface area contributed by atoms with Crippen LogP contribution in [0.4, 0.5) is 5.69 Å². The first kappa shape index (κ1) is 13.8. The Morgan fingerprint density at radius 2 is 2.11 bits per heavy atom. The molecule has 0 saturated carbocycles. The molecule has 0 aromatic heterocycles. The molecule has 1 fully saturated rings. The molecule has 19 heavy (non-hydrogen) atoms. The maximum Gasteiger partial charge on any atom is 0.228 e. The molecule has 6 nitrogen and oxygen atoms in total. The van der Waals surface area contributed by atoms with Gasteiger partial charge in [-0.05, 0) is 18.6 Å². The van der Waals surface area contributed by atoms with Crippen molar-refractivity contribution in [2.24, 2.45) is 5.14 Å². The predicted octanol–water partition coefficient (Wildman–Crippen LogP) is 0.397. The summed E-state index contributed by atoms with van der Waals surface area (Å²) in [6.07, 6.45) is -0.0744. The number of carbonyl (C=O) groups excluding carboxylic acids is 1. The van der Waals surface area contributed by atoms with E-state index in [2.05, 4.69) is 0 Å². The molecule has 0 spiro atoms. The summed E-state index contributed by atoms with van der Waals surface area (Å²) < 4.78 is 27.8. The molecule has 1 unspecified atom stereocenters. The van der Waals surface area contributed by atoms with Crippen LogP contribution >= 0.6 is 0 Å². The highest BCUT2D eigenvalue weighted by atomic mass is 32.2. The molecule has 1 aromatic rings. The Balaban J connectivity index is 2.31. The first-order chi connectivity index (χ1) is 8.82. The number of hydrogen-bond acceptors (Lipinski definition) is 4. The molecule has 2 rings (SSSR count). The smallest absolute Gasteiger partial charge is 0.228 e. The average Bonchev–Trinajstić information content (AvgIpc) is 2.72. The quantitative estimate of drug-likeness (QED) is 0.869. The first-order valence-corrected chi connectivity index (χ1v) is 7.40. The van der Waals surface area contributed by atoms with Gasteiger partial charge in [0.2, 0.25) is 15.9 Å². The Morgan fingerprint density at radius 1 is 1.42 bits per heavy atom. The Morgan fingerprint density at radius 3 is 2.63 bits per heavy atom. The Bertz CT molecular complexity index is 612. The molecule has 0 bridgehead atoms. The van der Waals surface area contributed by atoms with Crippen LogP contribution in [0.1, 0.15) is 12.0 Å². The van der Waals surface area contributed by atoms with Crippen molar-refractivity contribution < 1.29 is 17.9 Å². The molecule has 1 aliphatic heterocycles. The minimum atomic E-state index is -3.69. The fourth-order valence-electron chi connectivity index (χ4n) is 2.12. The van der Waals surface area contributed by atoms with Crippen molar-refractivity contribution in [3.8, 4) is 5.75 Å². The topological polar surface area (TPSA) is 89.7 Å². The van der Waals surface area contributed by atoms with E-state index >= 15 is 0 Å². The number of anilines is 1. The van der Waals surface area contributed by atoms with E-state index in [-0.39, 0.29) is 18.9 Å². The van der Waals surface area contributed by atoms with E-state index < -0.39 is 15.3 Å². The third kappa shape index (κ3) is 2.71. The lowest BCUT2D eigenvalue weighted by atomic mass is 10.2. The summed E-state index contributed by atoms with van der Waals surface area (Å²) in [7, 11) is -2.15. The zero-order valence-corrected chi connectivity index (χ0v) is 11.6. The van der Waals surface area contributed by atoms with E-state index in [0.29, 0.717) is 11.4 Å². The second-order valence-corrected chi connectivity index (χ2v) is 6.42. The van der Waals surface area contributed by atoms with Crippen molar-refractivity contribution in [3.63, 3.8) is 0 Å². The molecular formula is C12H16N2O4S. The molecule has 1 saturated heterocycles. The number of amides is 1. The molecule has 0 radical (unpaired) electrons. The van der Waals surface area contributed by atoms with Gasteiger partial charge in [-0.25, -0.2) is 13.6 Å². The molecule has 2 N–H and O–H groups in total. The maximum absolute atomic E-state index is 11.9. The number of sulfonamides is 1. The minimum Gasteiger partial charge on any atom is -0.496 e. The van der Waals surface area contributed by atoms with Gasteiger partial charge in [-0.2, -0.15) is 0 Å². The van der Waals surface area contributed by atoms with E-state index in [1.807, 2.05) is 13.0 Å². The van der Waals surface area contributed by atoms with E-state index in [1.165, 1.54) is 4.90 Å². The van der Waals surface area contributed by atoms with Gasteiger partial charge < -0.3 is 9.64 Å². The number of ether oxygens (including phenoxy) is 1. The average molecular weight is 284 g/mol. The molecule has 7 heteroatoms. The third-order valence-corrected chi connectivity index (χ3v) is 4.50. The van der Waals surface area contributed by atoms with Gasteiger partial charge in [0.1, 0.15) is 11.0 Å².